The number of carbonyl (C=O) groups excluding carboxylic acids is 1. The van der Waals surface area contributed by atoms with Gasteiger partial charge in [-0.25, -0.2) is 5.43 Å². The van der Waals surface area contributed by atoms with Crippen LogP contribution < -0.4 is 9.61 Å². The molecule has 1 N–H and O–H groups in total. The van der Waals surface area contributed by atoms with Crippen LogP contribution in [-0.4, -0.2) is 25.5 Å². The van der Waals surface area contributed by atoms with Crippen molar-refractivity contribution >= 4 is 39.5 Å². The molecule has 0 saturated carbocycles. The van der Waals surface area contributed by atoms with Gasteiger partial charge in [0.15, 0.2) is 0 Å². The lowest BCUT2D eigenvalue weighted by Crippen LogP contribution is -2.17. The van der Waals surface area contributed by atoms with E-state index in [1.165, 1.54) is 48.7 Å². The van der Waals surface area contributed by atoms with Crippen molar-refractivity contribution in [3.63, 3.8) is 0 Å². The average Bonchev–Trinajstić information content (AvgIpc) is 2.74. The third-order valence-electron chi connectivity index (χ3n) is 3.85. The summed E-state index contributed by atoms with van der Waals surface area (Å²) in [5.74, 6) is -0.504. The average molecular weight is 460 g/mol. The van der Waals surface area contributed by atoms with Gasteiger partial charge >= 0.3 is 10.1 Å². The van der Waals surface area contributed by atoms with Crippen molar-refractivity contribution < 1.29 is 22.3 Å². The van der Waals surface area contributed by atoms with Crippen LogP contribution >= 0.6 is 11.6 Å². The number of hydrogen-bond donors (Lipinski definition) is 1. The molecule has 3 rings (SSSR count). The summed E-state index contributed by atoms with van der Waals surface area (Å²) in [5, 5.41) is 15.1. The van der Waals surface area contributed by atoms with Gasteiger partial charge in [0.1, 0.15) is 10.6 Å². The minimum Gasteiger partial charge on any atom is -0.379 e. The number of amides is 1. The number of non-ortho nitro benzene ring substituents is 1. The Labute approximate surface area is 182 Å². The molecule has 31 heavy (non-hydrogen) atoms. The molecule has 0 unspecified atom stereocenters. The molecule has 0 aliphatic carbocycles. The molecule has 0 spiro atoms. The molecule has 0 radical (unpaired) electrons. The van der Waals surface area contributed by atoms with Gasteiger partial charge in [-0.3, -0.25) is 14.9 Å². The van der Waals surface area contributed by atoms with E-state index in [2.05, 4.69) is 10.5 Å². The first-order chi connectivity index (χ1) is 14.7. The molecule has 0 atom stereocenters. The van der Waals surface area contributed by atoms with E-state index in [1.54, 1.807) is 24.3 Å². The van der Waals surface area contributed by atoms with Gasteiger partial charge < -0.3 is 4.18 Å². The van der Waals surface area contributed by atoms with Crippen LogP contribution in [0.1, 0.15) is 15.9 Å². The van der Waals surface area contributed by atoms with Crippen molar-refractivity contribution in [2.24, 2.45) is 5.10 Å². The highest BCUT2D eigenvalue weighted by Crippen LogP contribution is 2.22. The summed E-state index contributed by atoms with van der Waals surface area (Å²) in [4.78, 5) is 21.8. The molecule has 158 valence electrons. The van der Waals surface area contributed by atoms with E-state index in [1.807, 2.05) is 0 Å². The minimum absolute atomic E-state index is 0.0309. The molecule has 11 heteroatoms. The molecule has 0 aliphatic rings. The maximum absolute atomic E-state index is 12.4. The summed E-state index contributed by atoms with van der Waals surface area (Å²) in [5.41, 5.74) is 2.73. The van der Waals surface area contributed by atoms with Crippen LogP contribution in [0, 0.1) is 10.1 Å². The fourth-order valence-electron chi connectivity index (χ4n) is 2.43. The van der Waals surface area contributed by atoms with Crippen LogP contribution in [0.3, 0.4) is 0 Å². The summed E-state index contributed by atoms with van der Waals surface area (Å²) < 4.78 is 29.9. The van der Waals surface area contributed by atoms with Gasteiger partial charge in [-0.15, -0.1) is 0 Å². The van der Waals surface area contributed by atoms with E-state index in [0.717, 1.165) is 6.07 Å². The van der Waals surface area contributed by atoms with Crippen molar-refractivity contribution in [1.82, 2.24) is 5.43 Å². The molecular weight excluding hydrogens is 446 g/mol. The van der Waals surface area contributed by atoms with Crippen molar-refractivity contribution in [3.8, 4) is 5.75 Å². The second-order valence-corrected chi connectivity index (χ2v) is 8.06. The topological polar surface area (TPSA) is 128 Å². The standard InChI is InChI=1S/C20H14ClN3O6S/c21-16-6-2-5-15(11-16)20(25)23-22-13-14-4-1-8-18(10-14)30-31(28,29)19-9-3-7-17(12-19)24(26)27/h1-13H,(H,23,25)/b22-13-. The van der Waals surface area contributed by atoms with Crippen LogP contribution in [0.2, 0.25) is 5.02 Å². The monoisotopic (exact) mass is 459 g/mol. The lowest BCUT2D eigenvalue weighted by Gasteiger charge is -2.07. The highest BCUT2D eigenvalue weighted by molar-refractivity contribution is 7.87. The van der Waals surface area contributed by atoms with E-state index < -0.39 is 20.9 Å². The third-order valence-corrected chi connectivity index (χ3v) is 5.33. The number of nitrogens with one attached hydrogen (secondary N) is 1. The maximum atomic E-state index is 12.4. The first kappa shape index (κ1) is 21.9. The van der Waals surface area contributed by atoms with Gasteiger partial charge in [-0.2, -0.15) is 13.5 Å². The number of benzene rings is 3. The number of nitrogens with zero attached hydrogens (tertiary/aromatic N) is 2. The van der Waals surface area contributed by atoms with E-state index in [0.29, 0.717) is 16.1 Å². The Morgan fingerprint density at radius 3 is 2.55 bits per heavy atom. The largest absolute Gasteiger partial charge is 0.379 e. The van der Waals surface area contributed by atoms with Crippen molar-refractivity contribution in [2.45, 2.75) is 4.90 Å². The van der Waals surface area contributed by atoms with E-state index in [9.17, 15) is 23.3 Å². The van der Waals surface area contributed by atoms with E-state index in [-0.39, 0.29) is 16.3 Å². The molecule has 0 saturated heterocycles. The van der Waals surface area contributed by atoms with Crippen molar-refractivity contribution in [2.75, 3.05) is 0 Å². The molecule has 1 amide bonds. The highest BCUT2D eigenvalue weighted by Gasteiger charge is 2.20. The Morgan fingerprint density at radius 2 is 1.81 bits per heavy atom. The van der Waals surface area contributed by atoms with Crippen LogP contribution in [0.4, 0.5) is 5.69 Å². The number of nitro benzene ring substituents is 1. The lowest BCUT2D eigenvalue weighted by atomic mass is 10.2. The summed E-state index contributed by atoms with van der Waals surface area (Å²) in [6.45, 7) is 0. The molecule has 3 aromatic rings. The van der Waals surface area contributed by atoms with Gasteiger partial charge in [0.05, 0.1) is 11.1 Å². The lowest BCUT2D eigenvalue weighted by molar-refractivity contribution is -0.385. The SMILES string of the molecule is O=C(N/N=C\c1cccc(OS(=O)(=O)c2cccc([N+](=O)[O-])c2)c1)c1cccc(Cl)c1. The van der Waals surface area contributed by atoms with Crippen LogP contribution in [0.5, 0.6) is 5.75 Å². The van der Waals surface area contributed by atoms with Gasteiger partial charge in [0.25, 0.3) is 11.6 Å². The zero-order valence-corrected chi connectivity index (χ0v) is 17.2. The van der Waals surface area contributed by atoms with Crippen molar-refractivity contribution in [1.29, 1.82) is 0 Å². The summed E-state index contributed by atoms with van der Waals surface area (Å²) in [6, 6.07) is 16.8. The summed E-state index contributed by atoms with van der Waals surface area (Å²) >= 11 is 5.84. The molecule has 3 aromatic carbocycles. The summed E-state index contributed by atoms with van der Waals surface area (Å²) in [7, 11) is -4.29. The Balaban J connectivity index is 1.71. The fourth-order valence-corrected chi connectivity index (χ4v) is 3.59. The van der Waals surface area contributed by atoms with Crippen LogP contribution in [0.25, 0.3) is 0 Å². The number of nitro groups is 1. The van der Waals surface area contributed by atoms with Gasteiger partial charge in [-0.05, 0) is 42.0 Å². The highest BCUT2D eigenvalue weighted by atomic mass is 35.5. The Kier molecular flexibility index (Phi) is 6.63. The van der Waals surface area contributed by atoms with E-state index >= 15 is 0 Å². The summed E-state index contributed by atoms with van der Waals surface area (Å²) in [6.07, 6.45) is 1.30. The smallest absolute Gasteiger partial charge is 0.339 e. The van der Waals surface area contributed by atoms with Gasteiger partial charge in [-0.1, -0.05) is 35.9 Å². The zero-order valence-electron chi connectivity index (χ0n) is 15.6. The molecular formula is C20H14ClN3O6S. The number of hydrazone groups is 1. The Bertz CT molecular complexity index is 1280. The van der Waals surface area contributed by atoms with Crippen LogP contribution in [0.15, 0.2) is 82.8 Å². The normalized spacial score (nSPS) is 11.3. The number of rotatable bonds is 7. The molecule has 0 aromatic heterocycles. The number of carbonyl (C=O) groups is 1. The third kappa shape index (κ3) is 5.87. The number of halogens is 1. The maximum Gasteiger partial charge on any atom is 0.339 e. The second-order valence-electron chi connectivity index (χ2n) is 6.07. The second kappa shape index (κ2) is 9.37. The quantitative estimate of drug-likeness (QED) is 0.248. The van der Waals surface area contributed by atoms with Crippen molar-refractivity contribution in [3.05, 3.63) is 99.1 Å². The predicted molar refractivity (Wildman–Crippen MR) is 114 cm³/mol. The van der Waals surface area contributed by atoms with Gasteiger partial charge in [0, 0.05) is 22.7 Å². The molecule has 0 bridgehead atoms. The Morgan fingerprint density at radius 1 is 1.06 bits per heavy atom. The predicted octanol–water partition coefficient (Wildman–Crippen LogP) is 3.78. The molecule has 0 heterocycles. The Hall–Kier alpha value is -3.76. The first-order valence-corrected chi connectivity index (χ1v) is 10.4. The van der Waals surface area contributed by atoms with E-state index in [4.69, 9.17) is 15.8 Å². The van der Waals surface area contributed by atoms with Crippen LogP contribution in [-0.2, 0) is 10.1 Å². The molecule has 0 aliphatic heterocycles. The van der Waals surface area contributed by atoms with Gasteiger partial charge in [0.2, 0.25) is 0 Å². The number of hydrogen-bond acceptors (Lipinski definition) is 7. The first-order valence-electron chi connectivity index (χ1n) is 8.62. The molecule has 9 nitrogen and oxygen atoms in total. The fraction of sp³-hybridized carbons (Fsp3) is 0. The minimum atomic E-state index is -4.29. The molecule has 0 fully saturated rings. The zero-order chi connectivity index (χ0) is 22.4.